The normalized spacial score (nSPS) is 15.8. The molecule has 7 nitrogen and oxygen atoms in total. The fraction of sp³-hybridized carbons (Fsp3) is 0.692. The van der Waals surface area contributed by atoms with Gasteiger partial charge in [-0.3, -0.25) is 4.79 Å². The second-order valence-electron chi connectivity index (χ2n) is 4.84. The molecule has 21 heavy (non-hydrogen) atoms. The molecular formula is C13H20N4O3S. The van der Waals surface area contributed by atoms with E-state index in [1.807, 2.05) is 6.92 Å². The number of nitrogens with one attached hydrogen (secondary N) is 1. The third-order valence-corrected chi connectivity index (χ3v) is 4.22. The SMILES string of the molecule is CCOC(=O)N1CCC(NC(=O)c2snnc2CC)CC1. The van der Waals surface area contributed by atoms with E-state index in [1.165, 1.54) is 0 Å². The summed E-state index contributed by atoms with van der Waals surface area (Å²) in [6.07, 6.45) is 1.89. The molecule has 0 aromatic carbocycles. The number of ether oxygens (including phenoxy) is 1. The summed E-state index contributed by atoms with van der Waals surface area (Å²) in [7, 11) is 0. The summed E-state index contributed by atoms with van der Waals surface area (Å²) < 4.78 is 8.80. The van der Waals surface area contributed by atoms with Gasteiger partial charge in [0.05, 0.1) is 12.3 Å². The summed E-state index contributed by atoms with van der Waals surface area (Å²) in [4.78, 5) is 26.1. The fourth-order valence-electron chi connectivity index (χ4n) is 2.28. The number of nitrogens with zero attached hydrogens (tertiary/aromatic N) is 3. The van der Waals surface area contributed by atoms with E-state index in [1.54, 1.807) is 11.8 Å². The van der Waals surface area contributed by atoms with Gasteiger partial charge in [0.2, 0.25) is 0 Å². The number of hydrogen-bond donors (Lipinski definition) is 1. The summed E-state index contributed by atoms with van der Waals surface area (Å²) in [5.74, 6) is -0.114. The van der Waals surface area contributed by atoms with Crippen LogP contribution in [-0.2, 0) is 11.2 Å². The van der Waals surface area contributed by atoms with Gasteiger partial charge in [-0.2, -0.15) is 0 Å². The molecule has 0 spiro atoms. The third kappa shape index (κ3) is 3.90. The first-order valence-electron chi connectivity index (χ1n) is 7.19. The van der Waals surface area contributed by atoms with Crippen LogP contribution < -0.4 is 5.32 Å². The largest absolute Gasteiger partial charge is 0.450 e. The van der Waals surface area contributed by atoms with E-state index < -0.39 is 0 Å². The summed E-state index contributed by atoms with van der Waals surface area (Å²) in [6, 6.07) is 0.0787. The molecule has 0 unspecified atom stereocenters. The summed E-state index contributed by atoms with van der Waals surface area (Å²) in [6.45, 7) is 5.33. The average molecular weight is 312 g/mol. The Hall–Kier alpha value is -1.70. The lowest BCUT2D eigenvalue weighted by molar-refractivity contribution is 0.0862. The zero-order chi connectivity index (χ0) is 15.2. The van der Waals surface area contributed by atoms with Gasteiger partial charge in [0.1, 0.15) is 4.88 Å². The second-order valence-corrected chi connectivity index (χ2v) is 5.59. The van der Waals surface area contributed by atoms with Crippen molar-refractivity contribution in [3.8, 4) is 0 Å². The van der Waals surface area contributed by atoms with Crippen LogP contribution in [0.15, 0.2) is 0 Å². The summed E-state index contributed by atoms with van der Waals surface area (Å²) in [5.41, 5.74) is 0.737. The molecule has 1 N–H and O–H groups in total. The number of aromatic nitrogens is 2. The van der Waals surface area contributed by atoms with Crippen molar-refractivity contribution in [2.45, 2.75) is 39.2 Å². The smallest absolute Gasteiger partial charge is 0.409 e. The van der Waals surface area contributed by atoms with E-state index in [-0.39, 0.29) is 18.0 Å². The molecule has 2 heterocycles. The maximum Gasteiger partial charge on any atom is 0.409 e. The Morgan fingerprint density at radius 1 is 1.38 bits per heavy atom. The molecule has 1 aliphatic heterocycles. The number of carbonyl (C=O) groups excluding carboxylic acids is 2. The van der Waals surface area contributed by atoms with Crippen molar-refractivity contribution in [3.63, 3.8) is 0 Å². The Morgan fingerprint density at radius 2 is 2.10 bits per heavy atom. The van der Waals surface area contributed by atoms with E-state index in [0.717, 1.165) is 30.1 Å². The number of carbonyl (C=O) groups is 2. The Morgan fingerprint density at radius 3 is 2.71 bits per heavy atom. The first-order chi connectivity index (χ1) is 10.2. The van der Waals surface area contributed by atoms with Gasteiger partial charge in [-0.25, -0.2) is 4.79 Å². The molecule has 1 saturated heterocycles. The minimum absolute atomic E-state index is 0.0787. The van der Waals surface area contributed by atoms with Crippen LogP contribution in [0.1, 0.15) is 42.1 Å². The Labute approximate surface area is 127 Å². The predicted octanol–water partition coefficient (Wildman–Crippen LogP) is 1.45. The third-order valence-electron chi connectivity index (χ3n) is 3.45. The molecule has 0 aliphatic carbocycles. The van der Waals surface area contributed by atoms with Gasteiger partial charge in [-0.05, 0) is 37.7 Å². The van der Waals surface area contributed by atoms with Gasteiger partial charge in [0, 0.05) is 19.1 Å². The molecule has 2 amide bonds. The molecule has 1 aromatic heterocycles. The standard InChI is InChI=1S/C13H20N4O3S/c1-3-10-11(21-16-15-10)12(18)14-9-5-7-17(8-6-9)13(19)20-4-2/h9H,3-8H2,1-2H3,(H,14,18). The topological polar surface area (TPSA) is 84.4 Å². The van der Waals surface area contributed by atoms with Gasteiger partial charge in [-0.1, -0.05) is 11.4 Å². The van der Waals surface area contributed by atoms with Gasteiger partial charge in [0.25, 0.3) is 5.91 Å². The Kier molecular flexibility index (Phi) is 5.49. The Balaban J connectivity index is 1.83. The van der Waals surface area contributed by atoms with Crippen LogP contribution in [0.25, 0.3) is 0 Å². The van der Waals surface area contributed by atoms with Crippen molar-refractivity contribution in [1.82, 2.24) is 19.8 Å². The van der Waals surface area contributed by atoms with Crippen LogP contribution in [0.5, 0.6) is 0 Å². The van der Waals surface area contributed by atoms with Crippen LogP contribution in [-0.4, -0.2) is 52.2 Å². The molecule has 1 fully saturated rings. The number of hydrogen-bond acceptors (Lipinski definition) is 6. The highest BCUT2D eigenvalue weighted by Gasteiger charge is 2.26. The molecule has 2 rings (SSSR count). The van der Waals surface area contributed by atoms with E-state index in [4.69, 9.17) is 4.74 Å². The lowest BCUT2D eigenvalue weighted by atomic mass is 10.1. The first kappa shape index (κ1) is 15.7. The van der Waals surface area contributed by atoms with Crippen molar-refractivity contribution in [2.24, 2.45) is 0 Å². The number of amides is 2. The lowest BCUT2D eigenvalue weighted by Gasteiger charge is -2.31. The number of aryl methyl sites for hydroxylation is 1. The van der Waals surface area contributed by atoms with Crippen LogP contribution in [0.3, 0.4) is 0 Å². The minimum atomic E-state index is -0.276. The van der Waals surface area contributed by atoms with Gasteiger partial charge >= 0.3 is 6.09 Å². The molecule has 0 saturated carbocycles. The maximum atomic E-state index is 12.2. The van der Waals surface area contributed by atoms with Crippen LogP contribution in [0.4, 0.5) is 4.79 Å². The average Bonchev–Trinajstić information content (AvgIpc) is 2.97. The molecule has 0 atom stereocenters. The van der Waals surface area contributed by atoms with Crippen molar-refractivity contribution in [2.75, 3.05) is 19.7 Å². The van der Waals surface area contributed by atoms with Crippen LogP contribution in [0, 0.1) is 0 Å². The molecule has 1 aliphatic rings. The van der Waals surface area contributed by atoms with E-state index in [2.05, 4.69) is 14.9 Å². The van der Waals surface area contributed by atoms with Crippen LogP contribution in [0.2, 0.25) is 0 Å². The fourth-order valence-corrected chi connectivity index (χ4v) is 2.94. The van der Waals surface area contributed by atoms with Crippen molar-refractivity contribution < 1.29 is 14.3 Å². The highest BCUT2D eigenvalue weighted by Crippen LogP contribution is 2.15. The van der Waals surface area contributed by atoms with Crippen molar-refractivity contribution in [1.29, 1.82) is 0 Å². The van der Waals surface area contributed by atoms with Gasteiger partial charge in [-0.15, -0.1) is 5.10 Å². The zero-order valence-corrected chi connectivity index (χ0v) is 13.1. The highest BCUT2D eigenvalue weighted by molar-refractivity contribution is 7.08. The second kappa shape index (κ2) is 7.35. The number of piperidine rings is 1. The van der Waals surface area contributed by atoms with E-state index >= 15 is 0 Å². The zero-order valence-electron chi connectivity index (χ0n) is 12.3. The first-order valence-corrected chi connectivity index (χ1v) is 7.96. The van der Waals surface area contributed by atoms with E-state index in [0.29, 0.717) is 31.0 Å². The summed E-state index contributed by atoms with van der Waals surface area (Å²) in [5, 5.41) is 6.94. The Bertz CT molecular complexity index is 497. The molecule has 0 radical (unpaired) electrons. The van der Waals surface area contributed by atoms with Crippen molar-refractivity contribution in [3.05, 3.63) is 10.6 Å². The van der Waals surface area contributed by atoms with E-state index in [9.17, 15) is 9.59 Å². The number of likely N-dealkylation sites (tertiary alicyclic amines) is 1. The highest BCUT2D eigenvalue weighted by atomic mass is 32.1. The van der Waals surface area contributed by atoms with Gasteiger partial charge < -0.3 is 15.0 Å². The molecule has 0 bridgehead atoms. The quantitative estimate of drug-likeness (QED) is 0.909. The predicted molar refractivity (Wildman–Crippen MR) is 78.4 cm³/mol. The lowest BCUT2D eigenvalue weighted by Crippen LogP contribution is -2.46. The molecule has 1 aromatic rings. The molecule has 8 heteroatoms. The monoisotopic (exact) mass is 312 g/mol. The molecule has 116 valence electrons. The van der Waals surface area contributed by atoms with Crippen molar-refractivity contribution >= 4 is 23.5 Å². The maximum absolute atomic E-state index is 12.2. The summed E-state index contributed by atoms with van der Waals surface area (Å²) >= 11 is 1.13. The van der Waals surface area contributed by atoms with Gasteiger partial charge in [0.15, 0.2) is 0 Å². The number of rotatable bonds is 4. The van der Waals surface area contributed by atoms with Crippen LogP contribution >= 0.6 is 11.5 Å². The molecular weight excluding hydrogens is 292 g/mol. The minimum Gasteiger partial charge on any atom is -0.450 e.